The van der Waals surface area contributed by atoms with Gasteiger partial charge in [-0.2, -0.15) is 0 Å². The van der Waals surface area contributed by atoms with Crippen molar-refractivity contribution >= 4 is 17.2 Å². The third-order valence-electron chi connectivity index (χ3n) is 3.45. The second-order valence-electron chi connectivity index (χ2n) is 4.64. The van der Waals surface area contributed by atoms with Gasteiger partial charge in [0.2, 0.25) is 0 Å². The van der Waals surface area contributed by atoms with Crippen LogP contribution in [-0.2, 0) is 0 Å². The molecule has 4 nitrogen and oxygen atoms in total. The summed E-state index contributed by atoms with van der Waals surface area (Å²) in [6, 6.07) is 0. The molecule has 0 spiro atoms. The van der Waals surface area contributed by atoms with Crippen molar-refractivity contribution in [1.82, 2.24) is 9.88 Å². The lowest BCUT2D eigenvalue weighted by Gasteiger charge is -2.33. The number of nitrogens with zero attached hydrogens (tertiary/aromatic N) is 2. The number of thiazole rings is 1. The van der Waals surface area contributed by atoms with Gasteiger partial charge in [0.05, 0.1) is 17.3 Å². The summed E-state index contributed by atoms with van der Waals surface area (Å²) in [5.41, 5.74) is 2.53. The Balaban J connectivity index is 1.98. The van der Waals surface area contributed by atoms with E-state index in [1.54, 1.807) is 5.51 Å². The van der Waals surface area contributed by atoms with E-state index >= 15 is 0 Å². The number of carbonyl (C=O) groups excluding carboxylic acids is 1. The van der Waals surface area contributed by atoms with E-state index < -0.39 is 0 Å². The highest BCUT2D eigenvalue weighted by Crippen LogP contribution is 2.23. The zero-order valence-corrected chi connectivity index (χ0v) is 11.0. The van der Waals surface area contributed by atoms with Crippen LogP contribution < -0.4 is 0 Å². The van der Waals surface area contributed by atoms with Crippen LogP contribution in [0.15, 0.2) is 5.51 Å². The maximum atomic E-state index is 12.2. The van der Waals surface area contributed by atoms with Crippen molar-refractivity contribution in [1.29, 1.82) is 0 Å². The molecule has 1 fully saturated rings. The monoisotopic (exact) mass is 254 g/mol. The Morgan fingerprint density at radius 2 is 2.24 bits per heavy atom. The predicted molar refractivity (Wildman–Crippen MR) is 67.2 cm³/mol. The fraction of sp³-hybridized carbons (Fsp3) is 0.667. The number of amides is 1. The molecule has 0 aliphatic carbocycles. The molecule has 2 heterocycles. The van der Waals surface area contributed by atoms with Gasteiger partial charge in [0.25, 0.3) is 5.91 Å². The molecule has 0 radical (unpaired) electrons. The van der Waals surface area contributed by atoms with Crippen LogP contribution in [0.2, 0.25) is 0 Å². The zero-order chi connectivity index (χ0) is 12.4. The van der Waals surface area contributed by atoms with E-state index in [1.807, 2.05) is 18.7 Å². The lowest BCUT2D eigenvalue weighted by Crippen LogP contribution is -2.40. The molecule has 94 valence electrons. The SMILES string of the molecule is Cc1ncsc1C(=O)N1CCC(C(C)O)CC1. The van der Waals surface area contributed by atoms with Crippen molar-refractivity contribution in [3.63, 3.8) is 0 Å². The predicted octanol–water partition coefficient (Wildman–Crippen LogP) is 1.68. The first-order valence-electron chi connectivity index (χ1n) is 5.97. The van der Waals surface area contributed by atoms with Crippen molar-refractivity contribution < 1.29 is 9.90 Å². The minimum Gasteiger partial charge on any atom is -0.393 e. The van der Waals surface area contributed by atoms with Gasteiger partial charge in [-0.25, -0.2) is 4.98 Å². The molecule has 0 bridgehead atoms. The summed E-state index contributed by atoms with van der Waals surface area (Å²) in [7, 11) is 0. The number of aliphatic hydroxyl groups is 1. The number of hydrogen-bond donors (Lipinski definition) is 1. The molecule has 1 aromatic rings. The number of carbonyl (C=O) groups is 1. The van der Waals surface area contributed by atoms with E-state index in [0.29, 0.717) is 5.92 Å². The molecule has 1 atom stereocenters. The summed E-state index contributed by atoms with van der Waals surface area (Å²) < 4.78 is 0. The molecule has 1 aromatic heterocycles. The number of aromatic nitrogens is 1. The summed E-state index contributed by atoms with van der Waals surface area (Å²) >= 11 is 1.41. The fourth-order valence-electron chi connectivity index (χ4n) is 2.24. The first kappa shape index (κ1) is 12.5. The van der Waals surface area contributed by atoms with Crippen LogP contribution in [0.3, 0.4) is 0 Å². The van der Waals surface area contributed by atoms with Gasteiger partial charge in [0, 0.05) is 13.1 Å². The molecule has 17 heavy (non-hydrogen) atoms. The third-order valence-corrected chi connectivity index (χ3v) is 4.37. The Kier molecular flexibility index (Phi) is 3.79. The van der Waals surface area contributed by atoms with Crippen LogP contribution in [0.25, 0.3) is 0 Å². The summed E-state index contributed by atoms with van der Waals surface area (Å²) in [4.78, 5) is 18.9. The third kappa shape index (κ3) is 2.66. The smallest absolute Gasteiger partial charge is 0.265 e. The number of aliphatic hydroxyl groups excluding tert-OH is 1. The standard InChI is InChI=1S/C12H18N2O2S/c1-8-11(17-7-13-8)12(16)14-5-3-10(4-6-14)9(2)15/h7,9-10,15H,3-6H2,1-2H3. The average Bonchev–Trinajstić information content (AvgIpc) is 2.74. The van der Waals surface area contributed by atoms with E-state index in [1.165, 1.54) is 11.3 Å². The molecule has 1 unspecified atom stereocenters. The molecule has 0 aromatic carbocycles. The molecule has 0 saturated carbocycles. The Morgan fingerprint density at radius 3 is 2.71 bits per heavy atom. The maximum absolute atomic E-state index is 12.2. The molecule has 1 saturated heterocycles. The number of hydrogen-bond acceptors (Lipinski definition) is 4. The second-order valence-corrected chi connectivity index (χ2v) is 5.49. The minimum atomic E-state index is -0.266. The Bertz CT molecular complexity index is 395. The zero-order valence-electron chi connectivity index (χ0n) is 10.2. The van der Waals surface area contributed by atoms with Crippen molar-refractivity contribution in [3.05, 3.63) is 16.1 Å². The van der Waals surface area contributed by atoms with Crippen molar-refractivity contribution in [2.75, 3.05) is 13.1 Å². The summed E-state index contributed by atoms with van der Waals surface area (Å²) in [6.45, 7) is 5.18. The largest absolute Gasteiger partial charge is 0.393 e. The number of rotatable bonds is 2. The second kappa shape index (κ2) is 5.14. The van der Waals surface area contributed by atoms with Crippen LogP contribution in [-0.4, -0.2) is 40.1 Å². The number of likely N-dealkylation sites (tertiary alicyclic amines) is 1. The normalized spacial score (nSPS) is 19.4. The molecule has 1 N–H and O–H groups in total. The van der Waals surface area contributed by atoms with Crippen molar-refractivity contribution in [2.45, 2.75) is 32.8 Å². The minimum absolute atomic E-state index is 0.0917. The first-order valence-corrected chi connectivity index (χ1v) is 6.85. The lowest BCUT2D eigenvalue weighted by atomic mass is 9.92. The van der Waals surface area contributed by atoms with Gasteiger partial charge in [-0.1, -0.05) is 0 Å². The van der Waals surface area contributed by atoms with Gasteiger partial charge < -0.3 is 10.0 Å². The lowest BCUT2D eigenvalue weighted by molar-refractivity contribution is 0.0524. The van der Waals surface area contributed by atoms with Crippen LogP contribution >= 0.6 is 11.3 Å². The van der Waals surface area contributed by atoms with Crippen LogP contribution in [0.4, 0.5) is 0 Å². The van der Waals surface area contributed by atoms with Crippen LogP contribution in [0, 0.1) is 12.8 Å². The topological polar surface area (TPSA) is 53.4 Å². The molecule has 1 amide bonds. The van der Waals surface area contributed by atoms with E-state index in [2.05, 4.69) is 4.98 Å². The van der Waals surface area contributed by atoms with Gasteiger partial charge in [-0.3, -0.25) is 4.79 Å². The molecule has 1 aliphatic heterocycles. The van der Waals surface area contributed by atoms with Crippen LogP contribution in [0.5, 0.6) is 0 Å². The Labute approximate surface area is 105 Å². The summed E-state index contributed by atoms with van der Waals surface area (Å²) in [6.07, 6.45) is 1.51. The quantitative estimate of drug-likeness (QED) is 0.873. The molecular formula is C12H18N2O2S. The number of aryl methyl sites for hydroxylation is 1. The fourth-order valence-corrected chi connectivity index (χ4v) is 3.01. The average molecular weight is 254 g/mol. The van der Waals surface area contributed by atoms with Gasteiger partial charge in [0.1, 0.15) is 4.88 Å². The number of piperidine rings is 1. The summed E-state index contributed by atoms with van der Waals surface area (Å²) in [5, 5.41) is 9.52. The molecule has 2 rings (SSSR count). The van der Waals surface area contributed by atoms with Crippen molar-refractivity contribution in [2.24, 2.45) is 5.92 Å². The van der Waals surface area contributed by atoms with E-state index in [9.17, 15) is 9.90 Å². The van der Waals surface area contributed by atoms with Gasteiger partial charge >= 0.3 is 0 Å². The van der Waals surface area contributed by atoms with Gasteiger partial charge in [-0.05, 0) is 32.6 Å². The maximum Gasteiger partial charge on any atom is 0.265 e. The van der Waals surface area contributed by atoms with E-state index in [-0.39, 0.29) is 12.0 Å². The molecular weight excluding hydrogens is 236 g/mol. The first-order chi connectivity index (χ1) is 8.09. The van der Waals surface area contributed by atoms with Crippen molar-refractivity contribution in [3.8, 4) is 0 Å². The molecule has 1 aliphatic rings. The van der Waals surface area contributed by atoms with E-state index in [0.717, 1.165) is 36.5 Å². The highest BCUT2D eigenvalue weighted by Gasteiger charge is 2.27. The van der Waals surface area contributed by atoms with Gasteiger partial charge in [-0.15, -0.1) is 11.3 Å². The Hall–Kier alpha value is -0.940. The molecule has 5 heteroatoms. The highest BCUT2D eigenvalue weighted by atomic mass is 32.1. The Morgan fingerprint density at radius 1 is 1.59 bits per heavy atom. The van der Waals surface area contributed by atoms with E-state index in [4.69, 9.17) is 0 Å². The van der Waals surface area contributed by atoms with Gasteiger partial charge in [0.15, 0.2) is 0 Å². The van der Waals surface area contributed by atoms with Crippen LogP contribution in [0.1, 0.15) is 35.1 Å². The summed E-state index contributed by atoms with van der Waals surface area (Å²) in [5.74, 6) is 0.427. The highest BCUT2D eigenvalue weighted by molar-refractivity contribution is 7.11.